The monoisotopic (exact) mass is 246 g/mol. The third kappa shape index (κ3) is 4.11. The van der Waals surface area contributed by atoms with Crippen molar-refractivity contribution >= 4 is 6.29 Å². The van der Waals surface area contributed by atoms with Crippen LogP contribution in [-0.4, -0.2) is 12.4 Å². The van der Waals surface area contributed by atoms with Crippen molar-refractivity contribution in [3.8, 4) is 0 Å². The fourth-order valence-corrected chi connectivity index (χ4v) is 2.22. The fraction of sp³-hybridized carbons (Fsp3) is 0.438. The maximum absolute atomic E-state index is 11.2. The summed E-state index contributed by atoms with van der Waals surface area (Å²) in [6.07, 6.45) is 0.477. The molecule has 0 saturated heterocycles. The van der Waals surface area contributed by atoms with Crippen LogP contribution in [0.2, 0.25) is 0 Å². The van der Waals surface area contributed by atoms with Crippen molar-refractivity contribution in [2.24, 2.45) is 11.8 Å². The number of rotatable bonds is 7. The zero-order chi connectivity index (χ0) is 13.5. The number of hydrogen-bond acceptors (Lipinski definition) is 2. The van der Waals surface area contributed by atoms with E-state index in [4.69, 9.17) is 4.74 Å². The molecule has 2 nitrogen and oxygen atoms in total. The summed E-state index contributed by atoms with van der Waals surface area (Å²) in [5.74, 6) is 0.416. The van der Waals surface area contributed by atoms with Crippen LogP contribution in [0.3, 0.4) is 0 Å². The Bertz CT molecular complexity index is 381. The highest BCUT2D eigenvalue weighted by Crippen LogP contribution is 2.24. The van der Waals surface area contributed by atoms with Crippen molar-refractivity contribution in [3.05, 3.63) is 48.0 Å². The van der Waals surface area contributed by atoms with Gasteiger partial charge in [-0.1, -0.05) is 56.3 Å². The van der Waals surface area contributed by atoms with Gasteiger partial charge in [0.25, 0.3) is 0 Å². The third-order valence-electron chi connectivity index (χ3n) is 3.06. The van der Waals surface area contributed by atoms with Crippen molar-refractivity contribution < 1.29 is 9.53 Å². The van der Waals surface area contributed by atoms with Crippen molar-refractivity contribution in [1.82, 2.24) is 0 Å². The summed E-state index contributed by atoms with van der Waals surface area (Å²) >= 11 is 0. The van der Waals surface area contributed by atoms with E-state index >= 15 is 0 Å². The van der Waals surface area contributed by atoms with Gasteiger partial charge in [0.05, 0.1) is 6.61 Å². The highest BCUT2D eigenvalue weighted by atomic mass is 16.5. The molecule has 0 bridgehead atoms. The number of carbonyl (C=O) groups is 1. The molecule has 0 spiro atoms. The van der Waals surface area contributed by atoms with Gasteiger partial charge in [0, 0.05) is 5.92 Å². The Kier molecular flexibility index (Phi) is 5.79. The number of ether oxygens (including phenoxy) is 1. The summed E-state index contributed by atoms with van der Waals surface area (Å²) in [4.78, 5) is 11.2. The van der Waals surface area contributed by atoms with Crippen molar-refractivity contribution in [3.63, 3.8) is 0 Å². The maximum Gasteiger partial charge on any atom is 0.149 e. The van der Waals surface area contributed by atoms with E-state index in [9.17, 15) is 4.79 Å². The normalized spacial score (nSPS) is 14.2. The predicted molar refractivity (Wildman–Crippen MR) is 74.2 cm³/mol. The van der Waals surface area contributed by atoms with Crippen LogP contribution in [0.1, 0.15) is 26.3 Å². The molecule has 0 aliphatic carbocycles. The van der Waals surface area contributed by atoms with Crippen LogP contribution in [0.4, 0.5) is 0 Å². The lowest BCUT2D eigenvalue weighted by molar-refractivity contribution is -0.122. The zero-order valence-corrected chi connectivity index (χ0v) is 11.4. The summed E-state index contributed by atoms with van der Waals surface area (Å²) in [6.45, 7) is 10.5. The minimum absolute atomic E-state index is 0.0752. The number of carbonyl (C=O) groups excluding carboxylic acids is 1. The van der Waals surface area contributed by atoms with Gasteiger partial charge in [-0.3, -0.25) is 0 Å². The SMILES string of the molecule is C=C(C)[C@H](C(C)C)[C@@H](C=O)OCc1ccccc1. The Labute approximate surface area is 110 Å². The van der Waals surface area contributed by atoms with Crippen LogP contribution in [-0.2, 0) is 16.1 Å². The molecule has 0 aromatic heterocycles. The van der Waals surface area contributed by atoms with E-state index in [0.29, 0.717) is 12.5 Å². The van der Waals surface area contributed by atoms with Gasteiger partial charge in [-0.2, -0.15) is 0 Å². The van der Waals surface area contributed by atoms with Crippen LogP contribution in [0.25, 0.3) is 0 Å². The number of aldehydes is 1. The minimum Gasteiger partial charge on any atom is -0.365 e. The van der Waals surface area contributed by atoms with Gasteiger partial charge in [0.15, 0.2) is 0 Å². The van der Waals surface area contributed by atoms with E-state index in [0.717, 1.165) is 17.4 Å². The molecule has 0 N–H and O–H groups in total. The topological polar surface area (TPSA) is 26.3 Å². The molecule has 98 valence electrons. The standard InChI is InChI=1S/C16H22O2/c1-12(2)16(13(3)4)15(10-17)18-11-14-8-6-5-7-9-14/h5-10,13,15-16H,1,11H2,2-4H3/t15-,16-/m1/s1. The van der Waals surface area contributed by atoms with Crippen LogP contribution >= 0.6 is 0 Å². The molecule has 0 amide bonds. The summed E-state index contributed by atoms with van der Waals surface area (Å²) < 4.78 is 5.73. The van der Waals surface area contributed by atoms with Gasteiger partial charge in [-0.05, 0) is 18.4 Å². The average Bonchev–Trinajstić information content (AvgIpc) is 2.34. The maximum atomic E-state index is 11.2. The van der Waals surface area contributed by atoms with Crippen molar-refractivity contribution in [1.29, 1.82) is 0 Å². The number of benzene rings is 1. The minimum atomic E-state index is -0.414. The van der Waals surface area contributed by atoms with E-state index in [1.54, 1.807) is 0 Å². The molecule has 0 unspecified atom stereocenters. The van der Waals surface area contributed by atoms with E-state index in [-0.39, 0.29) is 5.92 Å². The molecule has 0 fully saturated rings. The highest BCUT2D eigenvalue weighted by Gasteiger charge is 2.25. The molecule has 2 heteroatoms. The molecule has 0 heterocycles. The van der Waals surface area contributed by atoms with Crippen LogP contribution in [0, 0.1) is 11.8 Å². The molecule has 1 aromatic carbocycles. The van der Waals surface area contributed by atoms with Gasteiger partial charge in [0.2, 0.25) is 0 Å². The molecule has 0 radical (unpaired) electrons. The molecular weight excluding hydrogens is 224 g/mol. The first-order valence-electron chi connectivity index (χ1n) is 6.32. The first-order chi connectivity index (χ1) is 8.56. The van der Waals surface area contributed by atoms with E-state index in [2.05, 4.69) is 20.4 Å². The Morgan fingerprint density at radius 1 is 1.33 bits per heavy atom. The van der Waals surface area contributed by atoms with Crippen LogP contribution in [0.15, 0.2) is 42.5 Å². The first kappa shape index (κ1) is 14.7. The molecule has 0 aliphatic heterocycles. The molecule has 1 aromatic rings. The summed E-state index contributed by atoms with van der Waals surface area (Å²) in [5.41, 5.74) is 2.07. The second-order valence-corrected chi connectivity index (χ2v) is 5.01. The highest BCUT2D eigenvalue weighted by molar-refractivity contribution is 5.57. The molecule has 1 rings (SSSR count). The smallest absolute Gasteiger partial charge is 0.149 e. The van der Waals surface area contributed by atoms with Gasteiger partial charge in [0.1, 0.15) is 12.4 Å². The molecule has 0 saturated carbocycles. The zero-order valence-electron chi connectivity index (χ0n) is 11.4. The van der Waals surface area contributed by atoms with Gasteiger partial charge in [-0.25, -0.2) is 0 Å². The summed E-state index contributed by atoms with van der Waals surface area (Å²) in [5, 5.41) is 0. The van der Waals surface area contributed by atoms with E-state index in [1.807, 2.05) is 37.3 Å². The van der Waals surface area contributed by atoms with Crippen LogP contribution < -0.4 is 0 Å². The average molecular weight is 246 g/mol. The lowest BCUT2D eigenvalue weighted by atomic mass is 9.85. The lowest BCUT2D eigenvalue weighted by Crippen LogP contribution is -2.30. The molecule has 18 heavy (non-hydrogen) atoms. The Hall–Kier alpha value is -1.41. The lowest BCUT2D eigenvalue weighted by Gasteiger charge is -2.27. The fourth-order valence-electron chi connectivity index (χ4n) is 2.22. The van der Waals surface area contributed by atoms with E-state index in [1.165, 1.54) is 0 Å². The summed E-state index contributed by atoms with van der Waals surface area (Å²) in [7, 11) is 0. The van der Waals surface area contributed by atoms with E-state index < -0.39 is 6.10 Å². The number of hydrogen-bond donors (Lipinski definition) is 0. The Morgan fingerprint density at radius 2 is 1.94 bits per heavy atom. The van der Waals surface area contributed by atoms with Gasteiger partial charge < -0.3 is 9.53 Å². The largest absolute Gasteiger partial charge is 0.365 e. The molecule has 0 aliphatic rings. The van der Waals surface area contributed by atoms with Crippen LogP contribution in [0.5, 0.6) is 0 Å². The van der Waals surface area contributed by atoms with Gasteiger partial charge in [-0.15, -0.1) is 0 Å². The first-order valence-corrected chi connectivity index (χ1v) is 6.32. The van der Waals surface area contributed by atoms with Crippen molar-refractivity contribution in [2.45, 2.75) is 33.5 Å². The third-order valence-corrected chi connectivity index (χ3v) is 3.06. The molecular formula is C16H22O2. The summed E-state index contributed by atoms with van der Waals surface area (Å²) in [6, 6.07) is 9.88. The molecule has 2 atom stereocenters. The van der Waals surface area contributed by atoms with Gasteiger partial charge >= 0.3 is 0 Å². The predicted octanol–water partition coefficient (Wildman–Crippen LogP) is 3.62. The second-order valence-electron chi connectivity index (χ2n) is 5.01. The Morgan fingerprint density at radius 3 is 2.39 bits per heavy atom. The van der Waals surface area contributed by atoms with Crippen molar-refractivity contribution in [2.75, 3.05) is 0 Å². The second kappa shape index (κ2) is 7.12. The quantitative estimate of drug-likeness (QED) is 0.542. The Balaban J connectivity index is 2.66.